The van der Waals surface area contributed by atoms with Gasteiger partial charge in [0.25, 0.3) is 5.91 Å². The lowest BCUT2D eigenvalue weighted by molar-refractivity contribution is -0.116. The molecule has 1 aromatic heterocycles. The molecule has 0 bridgehead atoms. The van der Waals surface area contributed by atoms with Gasteiger partial charge in [0.15, 0.2) is 5.76 Å². The van der Waals surface area contributed by atoms with E-state index in [1.807, 2.05) is 24.3 Å². The highest BCUT2D eigenvalue weighted by molar-refractivity contribution is 6.02. The lowest BCUT2D eigenvalue weighted by Gasteiger charge is -2.09. The Labute approximate surface area is 151 Å². The van der Waals surface area contributed by atoms with Crippen LogP contribution in [0, 0.1) is 0 Å². The predicted molar refractivity (Wildman–Crippen MR) is 101 cm³/mol. The number of carbonyl (C=O) groups excluding carboxylic acids is 2. The number of benzene rings is 2. The fourth-order valence-electron chi connectivity index (χ4n) is 2.51. The van der Waals surface area contributed by atoms with E-state index in [-0.39, 0.29) is 17.6 Å². The van der Waals surface area contributed by atoms with Crippen LogP contribution in [0.3, 0.4) is 0 Å². The molecule has 0 atom stereocenters. The minimum Gasteiger partial charge on any atom is -0.459 e. The minimum atomic E-state index is -0.349. The smallest absolute Gasteiger partial charge is 0.291 e. The van der Waals surface area contributed by atoms with Gasteiger partial charge in [-0.1, -0.05) is 24.3 Å². The molecule has 0 spiro atoms. The van der Waals surface area contributed by atoms with E-state index >= 15 is 0 Å². The van der Waals surface area contributed by atoms with Crippen molar-refractivity contribution in [1.29, 1.82) is 0 Å². The zero-order chi connectivity index (χ0) is 18.4. The van der Waals surface area contributed by atoms with Gasteiger partial charge in [-0.3, -0.25) is 9.59 Å². The van der Waals surface area contributed by atoms with E-state index in [0.717, 1.165) is 5.56 Å². The van der Waals surface area contributed by atoms with E-state index in [2.05, 4.69) is 10.6 Å². The SMILES string of the molecule is Nc1ccccc1CCC(=O)Nc1cccc(NC(=O)c2ccco2)c1. The van der Waals surface area contributed by atoms with Crippen LogP contribution in [0.5, 0.6) is 0 Å². The van der Waals surface area contributed by atoms with E-state index in [1.54, 1.807) is 36.4 Å². The lowest BCUT2D eigenvalue weighted by Crippen LogP contribution is -2.14. The Morgan fingerprint density at radius 2 is 1.69 bits per heavy atom. The van der Waals surface area contributed by atoms with Gasteiger partial charge in [-0.2, -0.15) is 0 Å². The monoisotopic (exact) mass is 349 g/mol. The number of rotatable bonds is 6. The van der Waals surface area contributed by atoms with Crippen molar-refractivity contribution in [3.8, 4) is 0 Å². The zero-order valence-electron chi connectivity index (χ0n) is 14.1. The number of hydrogen-bond donors (Lipinski definition) is 3. The first kappa shape index (κ1) is 17.3. The number of carbonyl (C=O) groups is 2. The summed E-state index contributed by atoms with van der Waals surface area (Å²) in [6.07, 6.45) is 2.32. The van der Waals surface area contributed by atoms with Crippen molar-refractivity contribution in [2.45, 2.75) is 12.8 Å². The van der Waals surface area contributed by atoms with Gasteiger partial charge in [-0.15, -0.1) is 0 Å². The second-order valence-corrected chi connectivity index (χ2v) is 5.76. The van der Waals surface area contributed by atoms with Crippen molar-refractivity contribution < 1.29 is 14.0 Å². The molecule has 2 aromatic carbocycles. The third-order valence-electron chi connectivity index (χ3n) is 3.83. The Hall–Kier alpha value is -3.54. The summed E-state index contributed by atoms with van der Waals surface area (Å²) in [4.78, 5) is 24.2. The van der Waals surface area contributed by atoms with Crippen molar-refractivity contribution in [2.75, 3.05) is 16.4 Å². The molecule has 3 rings (SSSR count). The van der Waals surface area contributed by atoms with E-state index < -0.39 is 0 Å². The van der Waals surface area contributed by atoms with Crippen molar-refractivity contribution in [1.82, 2.24) is 0 Å². The highest BCUT2D eigenvalue weighted by atomic mass is 16.3. The first-order valence-electron chi connectivity index (χ1n) is 8.20. The Morgan fingerprint density at radius 1 is 0.923 bits per heavy atom. The summed E-state index contributed by atoms with van der Waals surface area (Å²) < 4.78 is 5.05. The summed E-state index contributed by atoms with van der Waals surface area (Å²) in [6, 6.07) is 17.7. The summed E-state index contributed by atoms with van der Waals surface area (Å²) >= 11 is 0. The van der Waals surface area contributed by atoms with Crippen LogP contribution < -0.4 is 16.4 Å². The van der Waals surface area contributed by atoms with Crippen molar-refractivity contribution in [3.05, 3.63) is 78.3 Å². The van der Waals surface area contributed by atoms with Crippen LogP contribution in [0.4, 0.5) is 17.1 Å². The number of nitrogens with two attached hydrogens (primary N) is 1. The molecule has 26 heavy (non-hydrogen) atoms. The Kier molecular flexibility index (Phi) is 5.34. The summed E-state index contributed by atoms with van der Waals surface area (Å²) in [5, 5.41) is 5.55. The Balaban J connectivity index is 1.57. The molecule has 0 unspecified atom stereocenters. The first-order valence-corrected chi connectivity index (χ1v) is 8.20. The van der Waals surface area contributed by atoms with Crippen LogP contribution in [0.2, 0.25) is 0 Å². The Morgan fingerprint density at radius 3 is 2.42 bits per heavy atom. The van der Waals surface area contributed by atoms with Crippen molar-refractivity contribution in [3.63, 3.8) is 0 Å². The maximum Gasteiger partial charge on any atom is 0.291 e. The molecular formula is C20H19N3O3. The number of para-hydroxylation sites is 1. The largest absolute Gasteiger partial charge is 0.459 e. The molecular weight excluding hydrogens is 330 g/mol. The minimum absolute atomic E-state index is 0.122. The molecule has 2 amide bonds. The summed E-state index contributed by atoms with van der Waals surface area (Å²) in [6.45, 7) is 0. The van der Waals surface area contributed by atoms with Gasteiger partial charge in [0.2, 0.25) is 5.91 Å². The van der Waals surface area contributed by atoms with Gasteiger partial charge in [0, 0.05) is 23.5 Å². The number of hydrogen-bond acceptors (Lipinski definition) is 4. The van der Waals surface area contributed by atoms with E-state index in [1.165, 1.54) is 6.26 Å². The van der Waals surface area contributed by atoms with Crippen molar-refractivity contribution >= 4 is 28.9 Å². The van der Waals surface area contributed by atoms with Gasteiger partial charge >= 0.3 is 0 Å². The van der Waals surface area contributed by atoms with Gasteiger partial charge in [0.1, 0.15) is 0 Å². The fourth-order valence-corrected chi connectivity index (χ4v) is 2.51. The molecule has 3 aromatic rings. The summed E-state index contributed by atoms with van der Waals surface area (Å²) in [5.41, 5.74) is 8.69. The molecule has 1 heterocycles. The second-order valence-electron chi connectivity index (χ2n) is 5.76. The lowest BCUT2D eigenvalue weighted by atomic mass is 10.1. The highest BCUT2D eigenvalue weighted by Gasteiger charge is 2.10. The number of nitrogens with one attached hydrogen (secondary N) is 2. The maximum absolute atomic E-state index is 12.2. The van der Waals surface area contributed by atoms with E-state index in [9.17, 15) is 9.59 Å². The van der Waals surface area contributed by atoms with Gasteiger partial charge in [-0.25, -0.2) is 0 Å². The van der Waals surface area contributed by atoms with Crippen LogP contribution in [0.15, 0.2) is 71.3 Å². The topological polar surface area (TPSA) is 97.4 Å². The quantitative estimate of drug-likeness (QED) is 0.591. The molecule has 0 aliphatic rings. The Bertz CT molecular complexity index is 904. The highest BCUT2D eigenvalue weighted by Crippen LogP contribution is 2.17. The number of anilines is 3. The number of furan rings is 1. The van der Waals surface area contributed by atoms with Crippen LogP contribution in [-0.2, 0) is 11.2 Å². The molecule has 0 fully saturated rings. The second kappa shape index (κ2) is 8.02. The summed E-state index contributed by atoms with van der Waals surface area (Å²) in [5.74, 6) is -0.249. The molecule has 0 saturated carbocycles. The molecule has 6 nitrogen and oxygen atoms in total. The summed E-state index contributed by atoms with van der Waals surface area (Å²) in [7, 11) is 0. The van der Waals surface area contributed by atoms with Crippen LogP contribution in [0.25, 0.3) is 0 Å². The van der Waals surface area contributed by atoms with Crippen LogP contribution in [-0.4, -0.2) is 11.8 Å². The molecule has 6 heteroatoms. The molecule has 0 radical (unpaired) electrons. The average molecular weight is 349 g/mol. The van der Waals surface area contributed by atoms with Gasteiger partial charge in [-0.05, 0) is 48.4 Å². The van der Waals surface area contributed by atoms with E-state index in [4.69, 9.17) is 10.2 Å². The van der Waals surface area contributed by atoms with Crippen LogP contribution >= 0.6 is 0 Å². The third kappa shape index (κ3) is 4.51. The zero-order valence-corrected chi connectivity index (χ0v) is 14.1. The van der Waals surface area contributed by atoms with Gasteiger partial charge in [0.05, 0.1) is 6.26 Å². The molecule has 0 aliphatic heterocycles. The molecule has 0 aliphatic carbocycles. The molecule has 132 valence electrons. The molecule has 4 N–H and O–H groups in total. The predicted octanol–water partition coefficient (Wildman–Crippen LogP) is 3.69. The van der Waals surface area contributed by atoms with E-state index in [0.29, 0.717) is 29.9 Å². The average Bonchev–Trinajstić information content (AvgIpc) is 3.16. The molecule has 0 saturated heterocycles. The van der Waals surface area contributed by atoms with Crippen molar-refractivity contribution in [2.24, 2.45) is 0 Å². The van der Waals surface area contributed by atoms with Crippen LogP contribution in [0.1, 0.15) is 22.5 Å². The van der Waals surface area contributed by atoms with Gasteiger partial charge < -0.3 is 20.8 Å². The fraction of sp³-hybridized carbons (Fsp3) is 0.100. The first-order chi connectivity index (χ1) is 12.6. The third-order valence-corrected chi connectivity index (χ3v) is 3.83. The number of aryl methyl sites for hydroxylation is 1. The normalized spacial score (nSPS) is 10.3. The number of nitrogen functional groups attached to an aromatic ring is 1. The standard InChI is InChI=1S/C20H19N3O3/c21-17-8-2-1-5-14(17)10-11-19(24)22-15-6-3-7-16(13-15)23-20(25)18-9-4-12-26-18/h1-9,12-13H,10-11,21H2,(H,22,24)(H,23,25). The number of amides is 2. The maximum atomic E-state index is 12.2.